The van der Waals surface area contributed by atoms with Crippen LogP contribution in [0.2, 0.25) is 10.0 Å². The lowest BCUT2D eigenvalue weighted by molar-refractivity contribution is 0.206. The molecule has 0 fully saturated rings. The van der Waals surface area contributed by atoms with Crippen molar-refractivity contribution in [2.24, 2.45) is 0 Å². The normalized spacial score (nSPS) is 12.7. The van der Waals surface area contributed by atoms with Gasteiger partial charge < -0.3 is 5.11 Å². The first-order chi connectivity index (χ1) is 9.04. The third-order valence-electron chi connectivity index (χ3n) is 2.78. The number of benzene rings is 1. The maximum Gasteiger partial charge on any atom is 0.123 e. The SMILES string of the molecule is CCCn1ncc(Cl)c1C(O)c1cc(Cl)ccc1Br. The van der Waals surface area contributed by atoms with Gasteiger partial charge in [0, 0.05) is 21.6 Å². The van der Waals surface area contributed by atoms with Crippen LogP contribution in [0.1, 0.15) is 30.7 Å². The van der Waals surface area contributed by atoms with Crippen molar-refractivity contribution in [3.8, 4) is 0 Å². The fourth-order valence-corrected chi connectivity index (χ4v) is 2.79. The number of rotatable bonds is 4. The molecule has 0 amide bonds. The summed E-state index contributed by atoms with van der Waals surface area (Å²) in [6.45, 7) is 2.75. The number of hydrogen-bond acceptors (Lipinski definition) is 2. The van der Waals surface area contributed by atoms with Gasteiger partial charge in [-0.05, 0) is 24.6 Å². The summed E-state index contributed by atoms with van der Waals surface area (Å²) >= 11 is 15.5. The lowest BCUT2D eigenvalue weighted by atomic mass is 10.1. The average Bonchev–Trinajstić information content (AvgIpc) is 2.73. The van der Waals surface area contributed by atoms with Crippen molar-refractivity contribution in [2.75, 3.05) is 0 Å². The van der Waals surface area contributed by atoms with Crippen LogP contribution in [0.25, 0.3) is 0 Å². The minimum Gasteiger partial charge on any atom is -0.382 e. The number of aryl methyl sites for hydroxylation is 1. The predicted octanol–water partition coefficient (Wildman–Crippen LogP) is 4.44. The third-order valence-corrected chi connectivity index (χ3v) is 4.03. The molecule has 0 radical (unpaired) electrons. The third kappa shape index (κ3) is 3.14. The van der Waals surface area contributed by atoms with Gasteiger partial charge >= 0.3 is 0 Å². The second-order valence-corrected chi connectivity index (χ2v) is 5.87. The van der Waals surface area contributed by atoms with E-state index in [1.165, 1.54) is 0 Å². The number of aliphatic hydroxyl groups is 1. The monoisotopic (exact) mass is 362 g/mol. The smallest absolute Gasteiger partial charge is 0.123 e. The molecule has 1 unspecified atom stereocenters. The highest BCUT2D eigenvalue weighted by Crippen LogP contribution is 2.34. The van der Waals surface area contributed by atoms with Crippen LogP contribution >= 0.6 is 39.1 Å². The molecule has 3 nitrogen and oxygen atoms in total. The number of hydrogen-bond donors (Lipinski definition) is 1. The molecule has 1 aromatic carbocycles. The highest BCUT2D eigenvalue weighted by Gasteiger charge is 2.21. The Balaban J connectivity index is 2.46. The van der Waals surface area contributed by atoms with E-state index in [0.29, 0.717) is 27.8 Å². The van der Waals surface area contributed by atoms with Gasteiger partial charge in [-0.25, -0.2) is 0 Å². The Bertz CT molecular complexity index is 586. The highest BCUT2D eigenvalue weighted by atomic mass is 79.9. The molecule has 1 atom stereocenters. The number of halogens is 3. The van der Waals surface area contributed by atoms with Gasteiger partial charge in [0.05, 0.1) is 16.9 Å². The zero-order valence-corrected chi connectivity index (χ0v) is 13.4. The second kappa shape index (κ2) is 6.27. The van der Waals surface area contributed by atoms with Crippen molar-refractivity contribution in [1.82, 2.24) is 9.78 Å². The maximum absolute atomic E-state index is 10.5. The summed E-state index contributed by atoms with van der Waals surface area (Å²) in [5.41, 5.74) is 1.26. The molecule has 1 aromatic heterocycles. The highest BCUT2D eigenvalue weighted by molar-refractivity contribution is 9.10. The van der Waals surface area contributed by atoms with Crippen LogP contribution in [0, 0.1) is 0 Å². The van der Waals surface area contributed by atoms with Gasteiger partial charge in [-0.3, -0.25) is 4.68 Å². The summed E-state index contributed by atoms with van der Waals surface area (Å²) < 4.78 is 2.50. The molecule has 19 heavy (non-hydrogen) atoms. The van der Waals surface area contributed by atoms with E-state index in [0.717, 1.165) is 10.9 Å². The van der Waals surface area contributed by atoms with Gasteiger partial charge in [0.15, 0.2) is 0 Å². The molecule has 1 N–H and O–H groups in total. The van der Waals surface area contributed by atoms with Crippen molar-refractivity contribution in [3.63, 3.8) is 0 Å². The Morgan fingerprint density at radius 3 is 2.84 bits per heavy atom. The van der Waals surface area contributed by atoms with Gasteiger partial charge in [0.2, 0.25) is 0 Å². The molecule has 2 rings (SSSR count). The minimum absolute atomic E-state index is 0.452. The molecule has 0 saturated heterocycles. The molecular weight excluding hydrogens is 351 g/mol. The molecular formula is C13H13BrCl2N2O. The Morgan fingerprint density at radius 1 is 1.42 bits per heavy atom. The van der Waals surface area contributed by atoms with Crippen LogP contribution in [0.5, 0.6) is 0 Å². The molecule has 0 spiro atoms. The van der Waals surface area contributed by atoms with Crippen LogP contribution in [0.15, 0.2) is 28.9 Å². The molecule has 1 heterocycles. The summed E-state index contributed by atoms with van der Waals surface area (Å²) in [7, 11) is 0. The molecule has 0 aliphatic carbocycles. The van der Waals surface area contributed by atoms with Crippen molar-refractivity contribution in [1.29, 1.82) is 0 Å². The van der Waals surface area contributed by atoms with E-state index in [4.69, 9.17) is 23.2 Å². The van der Waals surface area contributed by atoms with Gasteiger partial charge in [-0.1, -0.05) is 46.1 Å². The van der Waals surface area contributed by atoms with E-state index in [1.807, 2.05) is 6.92 Å². The van der Waals surface area contributed by atoms with Gasteiger partial charge in [-0.2, -0.15) is 5.10 Å². The molecule has 0 bridgehead atoms. The van der Waals surface area contributed by atoms with Crippen LogP contribution in [0.4, 0.5) is 0 Å². The summed E-state index contributed by atoms with van der Waals surface area (Å²) in [6, 6.07) is 5.28. The number of aliphatic hydroxyl groups excluding tert-OH is 1. The summed E-state index contributed by atoms with van der Waals surface area (Å²) in [5.74, 6) is 0. The molecule has 6 heteroatoms. The van der Waals surface area contributed by atoms with E-state index in [1.54, 1.807) is 29.1 Å². The Labute approximate surface area is 130 Å². The van der Waals surface area contributed by atoms with Crippen molar-refractivity contribution in [3.05, 3.63) is 50.2 Å². The molecule has 0 saturated carbocycles. The lowest BCUT2D eigenvalue weighted by Crippen LogP contribution is -2.11. The largest absolute Gasteiger partial charge is 0.382 e. The first kappa shape index (κ1) is 14.9. The fraction of sp³-hybridized carbons (Fsp3) is 0.308. The minimum atomic E-state index is -0.866. The van der Waals surface area contributed by atoms with E-state index in [-0.39, 0.29) is 0 Å². The van der Waals surface area contributed by atoms with Gasteiger partial charge in [-0.15, -0.1) is 0 Å². The second-order valence-electron chi connectivity index (χ2n) is 4.17. The predicted molar refractivity (Wildman–Crippen MR) is 80.7 cm³/mol. The lowest BCUT2D eigenvalue weighted by Gasteiger charge is -2.16. The fourth-order valence-electron chi connectivity index (χ4n) is 1.91. The summed E-state index contributed by atoms with van der Waals surface area (Å²) in [4.78, 5) is 0. The van der Waals surface area contributed by atoms with E-state index in [2.05, 4.69) is 21.0 Å². The first-order valence-electron chi connectivity index (χ1n) is 5.88. The van der Waals surface area contributed by atoms with Crippen molar-refractivity contribution < 1.29 is 5.11 Å². The van der Waals surface area contributed by atoms with E-state index >= 15 is 0 Å². The van der Waals surface area contributed by atoms with Crippen molar-refractivity contribution in [2.45, 2.75) is 26.0 Å². The molecule has 0 aliphatic rings. The number of aromatic nitrogens is 2. The Morgan fingerprint density at radius 2 is 2.16 bits per heavy atom. The standard InChI is InChI=1S/C13H13BrCl2N2O/c1-2-5-18-12(11(16)7-17-18)13(19)9-6-8(15)3-4-10(9)14/h3-4,6-7,13,19H,2,5H2,1H3. The van der Waals surface area contributed by atoms with Crippen LogP contribution in [-0.2, 0) is 6.54 Å². The van der Waals surface area contributed by atoms with Gasteiger partial charge in [0.25, 0.3) is 0 Å². The van der Waals surface area contributed by atoms with Crippen LogP contribution < -0.4 is 0 Å². The van der Waals surface area contributed by atoms with E-state index < -0.39 is 6.10 Å². The maximum atomic E-state index is 10.5. The quantitative estimate of drug-likeness (QED) is 0.871. The van der Waals surface area contributed by atoms with Crippen LogP contribution in [0.3, 0.4) is 0 Å². The van der Waals surface area contributed by atoms with Gasteiger partial charge in [0.1, 0.15) is 6.10 Å². The first-order valence-corrected chi connectivity index (χ1v) is 7.43. The summed E-state index contributed by atoms with van der Waals surface area (Å²) in [5, 5.41) is 15.7. The molecule has 0 aliphatic heterocycles. The number of nitrogens with zero attached hydrogens (tertiary/aromatic N) is 2. The summed E-state index contributed by atoms with van der Waals surface area (Å²) in [6.07, 6.45) is 1.59. The van der Waals surface area contributed by atoms with Crippen molar-refractivity contribution >= 4 is 39.1 Å². The Hall–Kier alpha value is -0.550. The zero-order valence-electron chi connectivity index (χ0n) is 10.3. The molecule has 102 valence electrons. The topological polar surface area (TPSA) is 38.0 Å². The van der Waals surface area contributed by atoms with E-state index in [9.17, 15) is 5.11 Å². The average molecular weight is 364 g/mol. The molecule has 2 aromatic rings. The zero-order chi connectivity index (χ0) is 14.0. The Kier molecular flexibility index (Phi) is 4.90. The van der Waals surface area contributed by atoms with Crippen LogP contribution in [-0.4, -0.2) is 14.9 Å².